The predicted octanol–water partition coefficient (Wildman–Crippen LogP) is 4.08. The smallest absolute Gasteiger partial charge is 0.330 e. The average Bonchev–Trinajstić information content (AvgIpc) is 3.08. The molecule has 0 radical (unpaired) electrons. The van der Waals surface area contributed by atoms with E-state index in [1.54, 1.807) is 36.4 Å². The summed E-state index contributed by atoms with van der Waals surface area (Å²) in [5, 5.41) is 9.51. The summed E-state index contributed by atoms with van der Waals surface area (Å²) >= 11 is 0. The van der Waals surface area contributed by atoms with E-state index in [1.807, 2.05) is 12.2 Å². The third-order valence-electron chi connectivity index (χ3n) is 5.49. The number of carbonyl (C=O) groups excluding carboxylic acids is 3. The zero-order chi connectivity index (χ0) is 33.6. The Morgan fingerprint density at radius 2 is 0.935 bits per heavy atom. The number of hydrogen-bond acceptors (Lipinski definition) is 12. The number of carbonyl (C=O) groups is 3. The molecule has 0 saturated carbocycles. The first-order chi connectivity index (χ1) is 22.3. The Balaban J connectivity index is 2.18. The molecule has 0 aliphatic heterocycles. The van der Waals surface area contributed by atoms with Gasteiger partial charge in [-0.05, 0) is 41.5 Å². The zero-order valence-corrected chi connectivity index (χ0v) is 25.4. The molecule has 2 aromatic carbocycles. The van der Waals surface area contributed by atoms with Gasteiger partial charge in [0.2, 0.25) is 0 Å². The van der Waals surface area contributed by atoms with E-state index < -0.39 is 24.2 Å². The van der Waals surface area contributed by atoms with E-state index in [0.29, 0.717) is 23.0 Å². The molecule has 2 aromatic rings. The van der Waals surface area contributed by atoms with Crippen molar-refractivity contribution in [2.45, 2.75) is 6.29 Å². The second-order valence-corrected chi connectivity index (χ2v) is 8.75. The molecule has 0 aromatic heterocycles. The first-order valence-electron chi connectivity index (χ1n) is 14.1. The third-order valence-corrected chi connectivity index (χ3v) is 5.49. The van der Waals surface area contributed by atoms with Gasteiger partial charge in [-0.2, -0.15) is 0 Å². The normalized spacial score (nSPS) is 11.1. The summed E-state index contributed by atoms with van der Waals surface area (Å²) in [7, 11) is 0. The minimum Gasteiger partial charge on any atom is -0.487 e. The average molecular weight is 639 g/mol. The summed E-state index contributed by atoms with van der Waals surface area (Å²) in [5.41, 5.74) is 1.51. The number of ether oxygens (including phenoxy) is 8. The summed E-state index contributed by atoms with van der Waals surface area (Å²) < 4.78 is 43.1. The van der Waals surface area contributed by atoms with E-state index in [9.17, 15) is 19.5 Å². The van der Waals surface area contributed by atoms with Gasteiger partial charge in [0.05, 0.1) is 6.61 Å². The molecule has 12 nitrogen and oxygen atoms in total. The van der Waals surface area contributed by atoms with Gasteiger partial charge in [0.15, 0.2) is 29.3 Å². The lowest BCUT2D eigenvalue weighted by Gasteiger charge is -2.15. The van der Waals surface area contributed by atoms with Crippen LogP contribution >= 0.6 is 0 Å². The monoisotopic (exact) mass is 638 g/mol. The molecule has 46 heavy (non-hydrogen) atoms. The fraction of sp³-hybridized carbons (Fsp3) is 0.265. The molecule has 0 aliphatic carbocycles. The third kappa shape index (κ3) is 14.4. The first kappa shape index (κ1) is 36.9. The largest absolute Gasteiger partial charge is 0.487 e. The predicted molar refractivity (Wildman–Crippen MR) is 169 cm³/mol. The van der Waals surface area contributed by atoms with Crippen LogP contribution in [0.25, 0.3) is 12.2 Å². The lowest BCUT2D eigenvalue weighted by Crippen LogP contribution is -2.15. The molecule has 0 amide bonds. The Bertz CT molecular complexity index is 1360. The molecule has 0 fully saturated rings. The highest BCUT2D eigenvalue weighted by molar-refractivity contribution is 5.81. The molecule has 1 N–H and O–H groups in total. The second kappa shape index (κ2) is 21.4. The van der Waals surface area contributed by atoms with Crippen molar-refractivity contribution in [1.82, 2.24) is 0 Å². The zero-order valence-electron chi connectivity index (χ0n) is 25.4. The highest BCUT2D eigenvalue weighted by atomic mass is 16.6. The molecule has 0 saturated heterocycles. The Labute approximate surface area is 267 Å². The van der Waals surface area contributed by atoms with Crippen molar-refractivity contribution in [3.8, 4) is 23.0 Å². The number of esters is 3. The molecule has 0 spiro atoms. The lowest BCUT2D eigenvalue weighted by atomic mass is 10.1. The van der Waals surface area contributed by atoms with Crippen LogP contribution in [-0.4, -0.2) is 82.2 Å². The number of aliphatic hydroxyl groups excluding tert-OH is 1. The van der Waals surface area contributed by atoms with Crippen molar-refractivity contribution in [2.75, 3.05) is 52.9 Å². The summed E-state index contributed by atoms with van der Waals surface area (Å²) in [6.45, 7) is 13.9. The highest BCUT2D eigenvalue weighted by Gasteiger charge is 2.10. The van der Waals surface area contributed by atoms with Crippen molar-refractivity contribution in [1.29, 1.82) is 0 Å². The maximum atomic E-state index is 11.3. The van der Waals surface area contributed by atoms with E-state index in [0.717, 1.165) is 29.4 Å². The van der Waals surface area contributed by atoms with Gasteiger partial charge in [-0.25, -0.2) is 14.4 Å². The van der Waals surface area contributed by atoms with Crippen molar-refractivity contribution >= 4 is 30.1 Å². The van der Waals surface area contributed by atoms with Crippen molar-refractivity contribution in [3.63, 3.8) is 0 Å². The van der Waals surface area contributed by atoms with Crippen LogP contribution < -0.4 is 18.9 Å². The maximum Gasteiger partial charge on any atom is 0.330 e. The fourth-order valence-corrected chi connectivity index (χ4v) is 3.36. The summed E-state index contributed by atoms with van der Waals surface area (Å²) in [6, 6.07) is 10.5. The summed E-state index contributed by atoms with van der Waals surface area (Å²) in [6.07, 6.45) is 6.98. The molecule has 0 heterocycles. The van der Waals surface area contributed by atoms with Crippen LogP contribution in [0, 0.1) is 0 Å². The van der Waals surface area contributed by atoms with Crippen LogP contribution in [0.3, 0.4) is 0 Å². The molecule has 0 aliphatic rings. The highest BCUT2D eigenvalue weighted by Crippen LogP contribution is 2.31. The van der Waals surface area contributed by atoms with Crippen molar-refractivity contribution in [2.24, 2.45) is 0 Å². The second-order valence-electron chi connectivity index (χ2n) is 8.75. The molecular formula is C34H38O12. The summed E-state index contributed by atoms with van der Waals surface area (Å²) in [5.74, 6) is -0.126. The maximum absolute atomic E-state index is 11.3. The Morgan fingerprint density at radius 1 is 0.565 bits per heavy atom. The molecule has 2 rings (SSSR count). The minimum absolute atomic E-state index is 0.00716. The number of benzene rings is 2. The lowest BCUT2D eigenvalue weighted by molar-refractivity contribution is -0.139. The standard InChI is InChI=1S/C34H38O12/c1-5-31(35)43-19-15-39-27-13-11-25(23-29(27)41-17-21-45-33(37)7-3)9-10-26-12-14-28(40-16-20-44-32(36)6-2)30(24-26)42-18-22-46-34(38)8-4/h5-14,23-24,33,37H,1-4,15-22H2/b10-9+. The van der Waals surface area contributed by atoms with Crippen molar-refractivity contribution in [3.05, 3.63) is 98.1 Å². The molecular weight excluding hydrogens is 600 g/mol. The Morgan fingerprint density at radius 3 is 1.30 bits per heavy atom. The van der Waals surface area contributed by atoms with Gasteiger partial charge in [0.25, 0.3) is 0 Å². The van der Waals surface area contributed by atoms with Gasteiger partial charge >= 0.3 is 17.9 Å². The topological polar surface area (TPSA) is 145 Å². The van der Waals surface area contributed by atoms with Crippen LogP contribution in [0.2, 0.25) is 0 Å². The van der Waals surface area contributed by atoms with Gasteiger partial charge < -0.3 is 43.0 Å². The number of hydrogen-bond donors (Lipinski definition) is 1. The van der Waals surface area contributed by atoms with Gasteiger partial charge in [-0.3, -0.25) is 0 Å². The van der Waals surface area contributed by atoms with E-state index in [2.05, 4.69) is 26.3 Å². The molecule has 246 valence electrons. The van der Waals surface area contributed by atoms with Crippen LogP contribution in [0.15, 0.2) is 87.0 Å². The van der Waals surface area contributed by atoms with E-state index >= 15 is 0 Å². The SMILES string of the molecule is C=CC(=O)OCCOc1ccc(/C=C/c2ccc(OCCOC(=O)C=C)c(OCCOC(O)C=C)c2)cc1OCCOC(=O)C=C. The van der Waals surface area contributed by atoms with Gasteiger partial charge in [0.1, 0.15) is 46.2 Å². The Hall–Kier alpha value is -5.33. The first-order valence-corrected chi connectivity index (χ1v) is 14.1. The molecule has 1 unspecified atom stereocenters. The summed E-state index contributed by atoms with van der Waals surface area (Å²) in [4.78, 5) is 33.9. The van der Waals surface area contributed by atoms with E-state index in [-0.39, 0.29) is 52.9 Å². The van der Waals surface area contributed by atoms with E-state index in [1.165, 1.54) is 6.08 Å². The van der Waals surface area contributed by atoms with Crippen molar-refractivity contribution < 1.29 is 57.4 Å². The number of rotatable bonds is 23. The van der Waals surface area contributed by atoms with Crippen LogP contribution in [0.4, 0.5) is 0 Å². The van der Waals surface area contributed by atoms with Crippen LogP contribution in [-0.2, 0) is 33.3 Å². The Kier molecular flexibility index (Phi) is 17.1. The molecule has 12 heteroatoms. The van der Waals surface area contributed by atoms with Crippen LogP contribution in [0.5, 0.6) is 23.0 Å². The fourth-order valence-electron chi connectivity index (χ4n) is 3.36. The molecule has 1 atom stereocenters. The minimum atomic E-state index is -1.12. The van der Waals surface area contributed by atoms with E-state index in [4.69, 9.17) is 37.9 Å². The quantitative estimate of drug-likeness (QED) is 0.0356. The van der Waals surface area contributed by atoms with Gasteiger partial charge in [0, 0.05) is 18.2 Å². The van der Waals surface area contributed by atoms with Gasteiger partial charge in [-0.15, -0.1) is 0 Å². The van der Waals surface area contributed by atoms with Gasteiger partial charge in [-0.1, -0.05) is 50.6 Å². The number of aliphatic hydroxyl groups is 1. The van der Waals surface area contributed by atoms with Crippen LogP contribution in [0.1, 0.15) is 11.1 Å². The molecule has 0 bridgehead atoms.